The van der Waals surface area contributed by atoms with Crippen LogP contribution in [-0.2, 0) is 28.3 Å². The fourth-order valence-electron chi connectivity index (χ4n) is 2.30. The van der Waals surface area contributed by atoms with Crippen LogP contribution >= 0.6 is 11.3 Å². The van der Waals surface area contributed by atoms with Crippen molar-refractivity contribution >= 4 is 32.5 Å². The molecular formula is C12H12F3N3O3S2. The quantitative estimate of drug-likeness (QED) is 0.825. The highest BCUT2D eigenvalue weighted by atomic mass is 32.2. The predicted octanol–water partition coefficient (Wildman–Crippen LogP) is 1.65. The lowest BCUT2D eigenvalue weighted by Crippen LogP contribution is -2.46. The maximum atomic E-state index is 13.3. The van der Waals surface area contributed by atoms with E-state index < -0.39 is 33.8 Å². The van der Waals surface area contributed by atoms with E-state index in [-0.39, 0.29) is 34.4 Å². The van der Waals surface area contributed by atoms with Crippen molar-refractivity contribution in [1.82, 2.24) is 14.5 Å². The molecule has 1 saturated heterocycles. The first-order valence-electron chi connectivity index (χ1n) is 6.50. The van der Waals surface area contributed by atoms with Crippen molar-refractivity contribution in [2.24, 2.45) is 5.41 Å². The van der Waals surface area contributed by atoms with Crippen LogP contribution in [0.3, 0.4) is 0 Å². The molecule has 1 aliphatic heterocycles. The van der Waals surface area contributed by atoms with Crippen LogP contribution in [0.5, 0.6) is 0 Å². The van der Waals surface area contributed by atoms with Gasteiger partial charge in [-0.2, -0.15) is 13.2 Å². The van der Waals surface area contributed by atoms with Crippen LogP contribution in [-0.4, -0.2) is 38.2 Å². The monoisotopic (exact) mass is 367 g/mol. The Balaban J connectivity index is 2.24. The molecule has 1 fully saturated rings. The summed E-state index contributed by atoms with van der Waals surface area (Å²) in [6.45, 7) is 2.12. The lowest BCUT2D eigenvalue weighted by molar-refractivity contribution is -0.153. The van der Waals surface area contributed by atoms with E-state index in [0.717, 1.165) is 11.3 Å². The van der Waals surface area contributed by atoms with Gasteiger partial charge in [-0.25, -0.2) is 9.97 Å². The van der Waals surface area contributed by atoms with E-state index in [2.05, 4.69) is 9.97 Å². The molecule has 3 rings (SSSR count). The molecule has 0 spiro atoms. The van der Waals surface area contributed by atoms with E-state index >= 15 is 0 Å². The molecule has 0 aromatic carbocycles. The molecule has 0 aliphatic carbocycles. The molecule has 0 N–H and O–H groups in total. The Morgan fingerprint density at radius 2 is 2.04 bits per heavy atom. The molecule has 3 heterocycles. The third-order valence-electron chi connectivity index (χ3n) is 3.44. The number of hydrogen-bond acceptors (Lipinski definition) is 6. The molecule has 6 nitrogen and oxygen atoms in total. The van der Waals surface area contributed by atoms with E-state index in [1.54, 1.807) is 6.92 Å². The van der Waals surface area contributed by atoms with Gasteiger partial charge in [-0.1, -0.05) is 18.3 Å². The molecular weight excluding hydrogens is 355 g/mol. The molecule has 0 saturated carbocycles. The van der Waals surface area contributed by atoms with Crippen LogP contribution in [0.25, 0.3) is 10.3 Å². The topological polar surface area (TPSA) is 74.1 Å². The molecule has 23 heavy (non-hydrogen) atoms. The molecule has 1 unspecified atom stereocenters. The zero-order valence-electron chi connectivity index (χ0n) is 12.1. The largest absolute Gasteiger partial charge is 0.449 e. The first-order chi connectivity index (χ1) is 10.6. The first-order valence-corrected chi connectivity index (χ1v) is 8.88. The van der Waals surface area contributed by atoms with Crippen LogP contribution in [0.4, 0.5) is 13.2 Å². The highest BCUT2D eigenvalue weighted by Gasteiger charge is 2.41. The van der Waals surface area contributed by atoms with Gasteiger partial charge in [0.15, 0.2) is 14.7 Å². The van der Waals surface area contributed by atoms with Crippen molar-refractivity contribution in [1.29, 1.82) is 0 Å². The minimum atomic E-state index is -4.77. The van der Waals surface area contributed by atoms with E-state index in [4.69, 9.17) is 4.74 Å². The number of halogens is 3. The van der Waals surface area contributed by atoms with Crippen LogP contribution in [0.1, 0.15) is 12.7 Å². The van der Waals surface area contributed by atoms with Gasteiger partial charge >= 0.3 is 6.18 Å². The molecule has 2 aromatic heterocycles. The highest BCUT2D eigenvalue weighted by molar-refractivity contribution is 7.86. The Morgan fingerprint density at radius 1 is 1.39 bits per heavy atom. The number of aromatic nitrogens is 3. The molecule has 126 valence electrons. The van der Waals surface area contributed by atoms with Gasteiger partial charge in [0.2, 0.25) is 5.82 Å². The van der Waals surface area contributed by atoms with Crippen molar-refractivity contribution in [2.75, 3.05) is 19.5 Å². The molecule has 1 aliphatic rings. The number of ether oxygens (including phenoxy) is 1. The fourth-order valence-corrected chi connectivity index (χ4v) is 3.89. The zero-order valence-corrected chi connectivity index (χ0v) is 13.8. The Labute approximate surface area is 134 Å². The van der Waals surface area contributed by atoms with E-state index in [1.165, 1.54) is 6.26 Å². The van der Waals surface area contributed by atoms with Crippen molar-refractivity contribution < 1.29 is 22.1 Å². The lowest BCUT2D eigenvalue weighted by atomic mass is 9.88. The van der Waals surface area contributed by atoms with Crippen LogP contribution in [0, 0.1) is 5.41 Å². The van der Waals surface area contributed by atoms with Gasteiger partial charge in [-0.15, -0.1) is 0 Å². The van der Waals surface area contributed by atoms with Gasteiger partial charge in [0.1, 0.15) is 0 Å². The average Bonchev–Trinajstić information content (AvgIpc) is 2.83. The van der Waals surface area contributed by atoms with Crippen LogP contribution < -0.4 is 5.56 Å². The number of hydrogen-bond donors (Lipinski definition) is 0. The normalized spacial score (nSPS) is 18.8. The summed E-state index contributed by atoms with van der Waals surface area (Å²) in [5, 5.41) is 0. The van der Waals surface area contributed by atoms with Crippen molar-refractivity contribution in [3.63, 3.8) is 0 Å². The molecule has 1 atom stereocenters. The first kappa shape index (κ1) is 16.5. The lowest BCUT2D eigenvalue weighted by Gasteiger charge is -2.38. The van der Waals surface area contributed by atoms with Crippen molar-refractivity contribution in [3.8, 4) is 0 Å². The Bertz CT molecular complexity index is 855. The van der Waals surface area contributed by atoms with Gasteiger partial charge < -0.3 is 4.74 Å². The number of rotatable bonds is 3. The minimum Gasteiger partial charge on any atom is -0.380 e. The minimum absolute atomic E-state index is 0.0775. The maximum Gasteiger partial charge on any atom is 0.449 e. The summed E-state index contributed by atoms with van der Waals surface area (Å²) in [7, 11) is -1.50. The molecule has 11 heteroatoms. The summed E-state index contributed by atoms with van der Waals surface area (Å²) in [6, 6.07) is 0. The summed E-state index contributed by atoms with van der Waals surface area (Å²) >= 11 is 0.736. The van der Waals surface area contributed by atoms with E-state index in [0.29, 0.717) is 4.57 Å². The van der Waals surface area contributed by atoms with Gasteiger partial charge in [-0.3, -0.25) is 13.6 Å². The second-order valence-electron chi connectivity index (χ2n) is 5.72. The third kappa shape index (κ3) is 2.92. The van der Waals surface area contributed by atoms with E-state index in [1.807, 2.05) is 0 Å². The van der Waals surface area contributed by atoms with Gasteiger partial charge in [0.05, 0.1) is 24.0 Å². The maximum absolute atomic E-state index is 13.3. The second kappa shape index (κ2) is 5.35. The highest BCUT2D eigenvalue weighted by Crippen LogP contribution is 2.33. The molecule has 0 amide bonds. The summed E-state index contributed by atoms with van der Waals surface area (Å²) in [5.41, 5.74) is -1.61. The summed E-state index contributed by atoms with van der Waals surface area (Å²) in [6.07, 6.45) is -3.43. The Kier molecular flexibility index (Phi) is 3.84. The number of alkyl halides is 3. The Morgan fingerprint density at radius 3 is 2.52 bits per heavy atom. The fraction of sp³-hybridized carbons (Fsp3) is 0.583. The van der Waals surface area contributed by atoms with Gasteiger partial charge in [-0.05, 0) is 0 Å². The smallest absolute Gasteiger partial charge is 0.380 e. The number of nitrogens with zero attached hydrogens (tertiary/aromatic N) is 3. The average molecular weight is 367 g/mol. The summed E-state index contributed by atoms with van der Waals surface area (Å²) in [4.78, 5) is 19.8. The summed E-state index contributed by atoms with van der Waals surface area (Å²) < 4.78 is 57.0. The van der Waals surface area contributed by atoms with E-state index in [9.17, 15) is 22.2 Å². The van der Waals surface area contributed by atoms with Crippen molar-refractivity contribution in [2.45, 2.75) is 24.0 Å². The summed E-state index contributed by atoms with van der Waals surface area (Å²) in [5.74, 6) is -1.26. The van der Waals surface area contributed by atoms with Crippen molar-refractivity contribution in [3.05, 3.63) is 16.2 Å². The third-order valence-corrected chi connectivity index (χ3v) is 5.72. The number of fused-ring (bicyclic) bond motifs is 1. The van der Waals surface area contributed by atoms with Crippen LogP contribution in [0.2, 0.25) is 0 Å². The van der Waals surface area contributed by atoms with Gasteiger partial charge in [0.25, 0.3) is 5.56 Å². The Hall–Kier alpha value is -1.33. The SMILES string of the molecule is CS(=O)c1nc2c(=O)n(CC3(C)COC3)c(C(F)(F)F)nc2s1. The standard InChI is InChI=1S/C12H12F3N3O3S2/c1-11(4-21-5-11)3-18-8(19)6-7(17-9(18)12(13,14)15)22-10(16-6)23(2)20/h3-5H2,1-2H3. The van der Waals surface area contributed by atoms with Gasteiger partial charge in [0, 0.05) is 18.2 Å². The predicted molar refractivity (Wildman–Crippen MR) is 77.9 cm³/mol. The molecule has 2 aromatic rings. The van der Waals surface area contributed by atoms with Crippen LogP contribution in [0.15, 0.2) is 9.13 Å². The zero-order chi connectivity index (χ0) is 17.0. The molecule has 0 radical (unpaired) electrons. The number of thiazole rings is 1. The second-order valence-corrected chi connectivity index (χ2v) is 8.25. The molecule has 0 bridgehead atoms.